The maximum Gasteiger partial charge on any atom is 0.183 e. The van der Waals surface area contributed by atoms with Crippen LogP contribution in [0.1, 0.15) is 51.9 Å². The normalized spacial score (nSPS) is 33.8. The van der Waals surface area contributed by atoms with Crippen LogP contribution in [0, 0.1) is 23.2 Å². The first-order valence-corrected chi connectivity index (χ1v) is 9.05. The smallest absolute Gasteiger partial charge is 0.183 e. The zero-order chi connectivity index (χ0) is 17.3. The molecule has 4 nitrogen and oxygen atoms in total. The maximum absolute atomic E-state index is 9.98. The summed E-state index contributed by atoms with van der Waals surface area (Å²) in [6.07, 6.45) is 3.34. The van der Waals surface area contributed by atoms with Crippen LogP contribution >= 0.6 is 0 Å². The number of hydrogen-bond acceptors (Lipinski definition) is 4. The van der Waals surface area contributed by atoms with Crippen LogP contribution in [0.4, 0.5) is 0 Å². The first-order valence-electron chi connectivity index (χ1n) is 9.05. The van der Waals surface area contributed by atoms with Crippen molar-refractivity contribution in [3.63, 3.8) is 0 Å². The van der Waals surface area contributed by atoms with E-state index in [4.69, 9.17) is 14.2 Å². The van der Waals surface area contributed by atoms with Crippen molar-refractivity contribution in [2.75, 3.05) is 20.3 Å². The Labute approximate surface area is 145 Å². The van der Waals surface area contributed by atoms with E-state index in [0.29, 0.717) is 17.6 Å². The predicted molar refractivity (Wildman–Crippen MR) is 93.1 cm³/mol. The van der Waals surface area contributed by atoms with Crippen LogP contribution in [0.5, 0.6) is 11.5 Å². The second-order valence-electron chi connectivity index (χ2n) is 7.98. The highest BCUT2D eigenvalue weighted by atomic mass is 16.7. The summed E-state index contributed by atoms with van der Waals surface area (Å²) < 4.78 is 17.4. The van der Waals surface area contributed by atoms with E-state index in [9.17, 15) is 5.11 Å². The number of methoxy groups -OCH3 is 1. The molecular weight excluding hydrogens is 304 g/mol. The van der Waals surface area contributed by atoms with Gasteiger partial charge >= 0.3 is 0 Å². The van der Waals surface area contributed by atoms with Crippen LogP contribution in [0.2, 0.25) is 0 Å². The molecule has 0 radical (unpaired) electrons. The Morgan fingerprint density at radius 2 is 1.92 bits per heavy atom. The second kappa shape index (κ2) is 6.93. The number of aromatic hydroxyl groups is 1. The van der Waals surface area contributed by atoms with Gasteiger partial charge in [0.15, 0.2) is 17.8 Å². The van der Waals surface area contributed by atoms with E-state index in [2.05, 4.69) is 20.8 Å². The van der Waals surface area contributed by atoms with Gasteiger partial charge in [0, 0.05) is 11.0 Å². The molecule has 1 saturated heterocycles. The third-order valence-corrected chi connectivity index (χ3v) is 5.84. The van der Waals surface area contributed by atoms with Gasteiger partial charge in [-0.3, -0.25) is 0 Å². The topological polar surface area (TPSA) is 47.9 Å². The second-order valence-corrected chi connectivity index (χ2v) is 7.98. The van der Waals surface area contributed by atoms with E-state index in [1.807, 2.05) is 6.07 Å². The molecule has 134 valence electrons. The minimum atomic E-state index is -0.405. The summed E-state index contributed by atoms with van der Waals surface area (Å²) >= 11 is 0. The number of phenolic OH excluding ortho intramolecular Hbond substituents is 1. The Morgan fingerprint density at radius 1 is 1.21 bits per heavy atom. The van der Waals surface area contributed by atoms with Crippen LogP contribution in [-0.4, -0.2) is 25.4 Å². The highest BCUT2D eigenvalue weighted by Crippen LogP contribution is 2.50. The lowest BCUT2D eigenvalue weighted by Gasteiger charge is -2.51. The third-order valence-electron chi connectivity index (χ3n) is 5.84. The van der Waals surface area contributed by atoms with Crippen molar-refractivity contribution in [3.05, 3.63) is 23.8 Å². The van der Waals surface area contributed by atoms with E-state index in [-0.39, 0.29) is 11.2 Å². The average Bonchev–Trinajstić information content (AvgIpc) is 2.55. The standard InChI is InChI=1S/C20H30O4/c1-13(2)16-7-5-14(3)10-20(16)11-23-19(24-12-20)15-6-8-18(22-4)17(21)9-15/h6,8-9,13-14,16,19,21H,5,7,10-12H2,1-4H3/t14-,16+,19?,20?/m1/s1. The molecule has 2 atom stereocenters. The van der Waals surface area contributed by atoms with Gasteiger partial charge in [0.2, 0.25) is 0 Å². The fourth-order valence-electron chi connectivity index (χ4n) is 4.71. The van der Waals surface area contributed by atoms with Crippen molar-refractivity contribution >= 4 is 0 Å². The van der Waals surface area contributed by atoms with E-state index < -0.39 is 6.29 Å². The number of rotatable bonds is 3. The molecule has 2 fully saturated rings. The van der Waals surface area contributed by atoms with Gasteiger partial charge in [-0.1, -0.05) is 33.3 Å². The van der Waals surface area contributed by atoms with Gasteiger partial charge in [-0.15, -0.1) is 0 Å². The molecule has 0 bridgehead atoms. The third kappa shape index (κ3) is 3.27. The summed E-state index contributed by atoms with van der Waals surface area (Å²) in [7, 11) is 1.54. The Hall–Kier alpha value is -1.26. The summed E-state index contributed by atoms with van der Waals surface area (Å²) in [4.78, 5) is 0. The molecule has 3 rings (SSSR count). The lowest BCUT2D eigenvalue weighted by atomic mass is 9.60. The van der Waals surface area contributed by atoms with Crippen LogP contribution < -0.4 is 4.74 Å². The van der Waals surface area contributed by atoms with Gasteiger partial charge in [-0.2, -0.15) is 0 Å². The molecule has 4 heteroatoms. The molecule has 1 aliphatic heterocycles. The SMILES string of the molecule is COc1ccc(C2OCC3(CO2)C[C@H](C)CC[C@H]3C(C)C)cc1O. The summed E-state index contributed by atoms with van der Waals surface area (Å²) in [5.41, 5.74) is 0.977. The van der Waals surface area contributed by atoms with E-state index in [1.165, 1.54) is 19.3 Å². The molecule has 1 saturated carbocycles. The van der Waals surface area contributed by atoms with Crippen LogP contribution in [0.3, 0.4) is 0 Å². The van der Waals surface area contributed by atoms with E-state index in [0.717, 1.165) is 24.7 Å². The molecule has 0 unspecified atom stereocenters. The molecule has 1 N–H and O–H groups in total. The largest absolute Gasteiger partial charge is 0.504 e. The first kappa shape index (κ1) is 17.6. The molecule has 2 aliphatic rings. The van der Waals surface area contributed by atoms with Gasteiger partial charge in [-0.05, 0) is 42.7 Å². The Kier molecular flexibility index (Phi) is 5.07. The van der Waals surface area contributed by atoms with Gasteiger partial charge in [0.25, 0.3) is 0 Å². The quantitative estimate of drug-likeness (QED) is 0.882. The Bertz CT molecular complexity index is 561. The van der Waals surface area contributed by atoms with Gasteiger partial charge < -0.3 is 19.3 Å². The minimum absolute atomic E-state index is 0.119. The van der Waals surface area contributed by atoms with Crippen LogP contribution in [-0.2, 0) is 9.47 Å². The monoisotopic (exact) mass is 334 g/mol. The number of ether oxygens (including phenoxy) is 3. The lowest BCUT2D eigenvalue weighted by molar-refractivity contribution is -0.258. The van der Waals surface area contributed by atoms with E-state index in [1.54, 1.807) is 19.2 Å². The Morgan fingerprint density at radius 3 is 2.50 bits per heavy atom. The molecule has 0 amide bonds. The molecule has 0 aromatic heterocycles. The van der Waals surface area contributed by atoms with Gasteiger partial charge in [-0.25, -0.2) is 0 Å². The van der Waals surface area contributed by atoms with Crippen LogP contribution in [0.15, 0.2) is 18.2 Å². The van der Waals surface area contributed by atoms with Crippen molar-refractivity contribution in [1.82, 2.24) is 0 Å². The van der Waals surface area contributed by atoms with Crippen LogP contribution in [0.25, 0.3) is 0 Å². The molecule has 1 heterocycles. The van der Waals surface area contributed by atoms with Gasteiger partial charge in [0.05, 0.1) is 20.3 Å². The molecule has 1 aliphatic carbocycles. The molecule has 24 heavy (non-hydrogen) atoms. The summed E-state index contributed by atoms with van der Waals surface area (Å²) in [5.74, 6) is 2.61. The van der Waals surface area contributed by atoms with E-state index >= 15 is 0 Å². The minimum Gasteiger partial charge on any atom is -0.504 e. The zero-order valence-electron chi connectivity index (χ0n) is 15.2. The Balaban J connectivity index is 1.73. The van der Waals surface area contributed by atoms with Gasteiger partial charge in [0.1, 0.15) is 0 Å². The lowest BCUT2D eigenvalue weighted by Crippen LogP contribution is -2.49. The van der Waals surface area contributed by atoms with Crippen molar-refractivity contribution in [2.24, 2.45) is 23.2 Å². The molecule has 1 aromatic rings. The fraction of sp³-hybridized carbons (Fsp3) is 0.700. The zero-order valence-corrected chi connectivity index (χ0v) is 15.2. The highest BCUT2D eigenvalue weighted by Gasteiger charge is 2.47. The fourth-order valence-corrected chi connectivity index (χ4v) is 4.71. The molecule has 1 spiro atoms. The number of benzene rings is 1. The maximum atomic E-state index is 9.98. The summed E-state index contributed by atoms with van der Waals surface area (Å²) in [6.45, 7) is 8.44. The molecular formula is C20H30O4. The van der Waals surface area contributed by atoms with Crippen molar-refractivity contribution < 1.29 is 19.3 Å². The highest BCUT2D eigenvalue weighted by molar-refractivity contribution is 5.42. The van der Waals surface area contributed by atoms with Crippen molar-refractivity contribution in [2.45, 2.75) is 46.3 Å². The number of phenols is 1. The molecule has 1 aromatic carbocycles. The number of hydrogen-bond donors (Lipinski definition) is 1. The first-order chi connectivity index (χ1) is 11.4. The predicted octanol–water partition coefficient (Wildman–Crippen LogP) is 4.52. The summed E-state index contributed by atoms with van der Waals surface area (Å²) in [5, 5.41) is 9.98. The van der Waals surface area contributed by atoms with Crippen molar-refractivity contribution in [3.8, 4) is 11.5 Å². The van der Waals surface area contributed by atoms with Crippen molar-refractivity contribution in [1.29, 1.82) is 0 Å². The average molecular weight is 334 g/mol. The summed E-state index contributed by atoms with van der Waals surface area (Å²) in [6, 6.07) is 5.32.